The van der Waals surface area contributed by atoms with Gasteiger partial charge in [0, 0.05) is 26.3 Å². The normalized spacial score (nSPS) is 17.3. The number of carboxylic acids is 1. The monoisotopic (exact) mass is 444 g/mol. The lowest BCUT2D eigenvalue weighted by Crippen LogP contribution is -2.41. The fraction of sp³-hybridized carbons (Fsp3) is 0.321. The number of anilines is 1. The van der Waals surface area contributed by atoms with Crippen molar-refractivity contribution in [3.05, 3.63) is 95.6 Å². The molecular formula is C28H32N2O3. The number of hydrogen-bond acceptors (Lipinski definition) is 4. The molecule has 1 aliphatic rings. The number of likely N-dealkylation sites (tertiary alicyclic amines) is 1. The van der Waals surface area contributed by atoms with Crippen LogP contribution in [-0.4, -0.2) is 43.2 Å². The van der Waals surface area contributed by atoms with Crippen molar-refractivity contribution in [2.24, 2.45) is 5.92 Å². The van der Waals surface area contributed by atoms with Crippen molar-refractivity contribution in [3.63, 3.8) is 0 Å². The fourth-order valence-electron chi connectivity index (χ4n) is 4.50. The molecule has 1 N–H and O–H groups in total. The third-order valence-corrected chi connectivity index (χ3v) is 6.34. The Morgan fingerprint density at radius 3 is 2.24 bits per heavy atom. The summed E-state index contributed by atoms with van der Waals surface area (Å²) in [5.74, 6) is -0.201. The molecule has 4 rings (SSSR count). The quantitative estimate of drug-likeness (QED) is 0.516. The standard InChI is InChI=1S/C28H32N2O3/c1-29(2)25-14-10-22(11-15-25)27(30-18-6-9-24(19-30)28(31)32)23-12-16-26(17-13-23)33-20-21-7-4-3-5-8-21/h3-5,7-8,10-17,24,27H,6,9,18-20H2,1-2H3,(H,31,32). The van der Waals surface area contributed by atoms with Gasteiger partial charge in [0.25, 0.3) is 0 Å². The molecule has 172 valence electrons. The van der Waals surface area contributed by atoms with Crippen molar-refractivity contribution >= 4 is 11.7 Å². The number of aliphatic carboxylic acids is 1. The number of nitrogens with zero attached hydrogens (tertiary/aromatic N) is 2. The summed E-state index contributed by atoms with van der Waals surface area (Å²) in [6.45, 7) is 1.97. The van der Waals surface area contributed by atoms with E-state index in [1.165, 1.54) is 5.56 Å². The second kappa shape index (κ2) is 10.5. The number of carboxylic acid groups (broad SMARTS) is 1. The van der Waals surface area contributed by atoms with E-state index in [1.807, 2.05) is 44.4 Å². The van der Waals surface area contributed by atoms with Crippen LogP contribution in [0.15, 0.2) is 78.9 Å². The number of benzene rings is 3. The maximum atomic E-state index is 11.7. The van der Waals surface area contributed by atoms with Crippen LogP contribution in [-0.2, 0) is 11.4 Å². The van der Waals surface area contributed by atoms with Crippen LogP contribution in [0.3, 0.4) is 0 Å². The molecule has 0 amide bonds. The van der Waals surface area contributed by atoms with Gasteiger partial charge in [-0.15, -0.1) is 0 Å². The van der Waals surface area contributed by atoms with Gasteiger partial charge in [-0.1, -0.05) is 54.6 Å². The Morgan fingerprint density at radius 2 is 1.64 bits per heavy atom. The van der Waals surface area contributed by atoms with Gasteiger partial charge < -0.3 is 14.7 Å². The van der Waals surface area contributed by atoms with Crippen molar-refractivity contribution in [1.29, 1.82) is 0 Å². The highest BCUT2D eigenvalue weighted by Crippen LogP contribution is 2.34. The molecule has 0 saturated carbocycles. The van der Waals surface area contributed by atoms with E-state index in [0.717, 1.165) is 42.0 Å². The minimum Gasteiger partial charge on any atom is -0.489 e. The molecule has 0 radical (unpaired) electrons. The van der Waals surface area contributed by atoms with E-state index in [9.17, 15) is 9.90 Å². The molecular weight excluding hydrogens is 412 g/mol. The molecule has 0 spiro atoms. The molecule has 3 aromatic rings. The summed E-state index contributed by atoms with van der Waals surface area (Å²) in [4.78, 5) is 16.1. The Kier molecular flexibility index (Phi) is 7.30. The number of piperidine rings is 1. The van der Waals surface area contributed by atoms with Crippen LogP contribution < -0.4 is 9.64 Å². The highest BCUT2D eigenvalue weighted by Gasteiger charge is 2.31. The fourth-order valence-corrected chi connectivity index (χ4v) is 4.50. The average Bonchev–Trinajstić information content (AvgIpc) is 2.85. The highest BCUT2D eigenvalue weighted by atomic mass is 16.5. The molecule has 0 aliphatic carbocycles. The lowest BCUT2D eigenvalue weighted by atomic mass is 9.91. The van der Waals surface area contributed by atoms with Crippen LogP contribution in [0, 0.1) is 5.92 Å². The zero-order chi connectivity index (χ0) is 23.2. The van der Waals surface area contributed by atoms with Crippen LogP contribution in [0.5, 0.6) is 5.75 Å². The maximum absolute atomic E-state index is 11.7. The highest BCUT2D eigenvalue weighted by molar-refractivity contribution is 5.70. The van der Waals surface area contributed by atoms with E-state index in [1.54, 1.807) is 0 Å². The predicted molar refractivity (Wildman–Crippen MR) is 132 cm³/mol. The predicted octanol–water partition coefficient (Wildman–Crippen LogP) is 5.22. The second-order valence-electron chi connectivity index (χ2n) is 8.90. The summed E-state index contributed by atoms with van der Waals surface area (Å²) >= 11 is 0. The molecule has 3 aromatic carbocycles. The van der Waals surface area contributed by atoms with Crippen molar-refractivity contribution in [1.82, 2.24) is 4.90 Å². The van der Waals surface area contributed by atoms with Gasteiger partial charge in [-0.25, -0.2) is 0 Å². The molecule has 0 bridgehead atoms. The number of rotatable bonds is 8. The minimum absolute atomic E-state index is 0.00605. The first-order valence-electron chi connectivity index (χ1n) is 11.5. The Labute approximate surface area is 196 Å². The van der Waals surface area contributed by atoms with Gasteiger partial charge in [0.05, 0.1) is 12.0 Å². The first-order chi connectivity index (χ1) is 16.0. The molecule has 2 unspecified atom stereocenters. The summed E-state index contributed by atoms with van der Waals surface area (Å²) < 4.78 is 5.97. The lowest BCUT2D eigenvalue weighted by Gasteiger charge is -2.37. The third kappa shape index (κ3) is 5.74. The summed E-state index contributed by atoms with van der Waals surface area (Å²) in [6.07, 6.45) is 1.63. The third-order valence-electron chi connectivity index (χ3n) is 6.34. The van der Waals surface area contributed by atoms with Crippen LogP contribution in [0.2, 0.25) is 0 Å². The van der Waals surface area contributed by atoms with Crippen LogP contribution in [0.25, 0.3) is 0 Å². The Balaban J connectivity index is 1.57. The van der Waals surface area contributed by atoms with Crippen LogP contribution in [0.1, 0.15) is 35.6 Å². The zero-order valence-corrected chi connectivity index (χ0v) is 19.4. The van der Waals surface area contributed by atoms with E-state index in [-0.39, 0.29) is 12.0 Å². The molecule has 5 nitrogen and oxygen atoms in total. The van der Waals surface area contributed by atoms with E-state index < -0.39 is 5.97 Å². The summed E-state index contributed by atoms with van der Waals surface area (Å²) in [5, 5.41) is 9.62. The number of carbonyl (C=O) groups is 1. The van der Waals surface area contributed by atoms with Crippen molar-refractivity contribution in [2.75, 3.05) is 32.1 Å². The van der Waals surface area contributed by atoms with Gasteiger partial charge in [0.1, 0.15) is 12.4 Å². The maximum Gasteiger partial charge on any atom is 0.307 e. The summed E-state index contributed by atoms with van der Waals surface area (Å²) in [6, 6.07) is 26.9. The summed E-state index contributed by atoms with van der Waals surface area (Å²) in [7, 11) is 4.06. The second-order valence-corrected chi connectivity index (χ2v) is 8.90. The molecule has 1 aliphatic heterocycles. The largest absolute Gasteiger partial charge is 0.489 e. The van der Waals surface area contributed by atoms with E-state index in [0.29, 0.717) is 13.2 Å². The van der Waals surface area contributed by atoms with E-state index in [4.69, 9.17) is 4.74 Å². The summed E-state index contributed by atoms with van der Waals surface area (Å²) in [5.41, 5.74) is 4.59. The molecule has 2 atom stereocenters. The van der Waals surface area contributed by atoms with Gasteiger partial charge in [-0.3, -0.25) is 9.69 Å². The smallest absolute Gasteiger partial charge is 0.307 e. The van der Waals surface area contributed by atoms with Gasteiger partial charge in [-0.2, -0.15) is 0 Å². The van der Waals surface area contributed by atoms with Crippen molar-refractivity contribution in [2.45, 2.75) is 25.5 Å². The van der Waals surface area contributed by atoms with Gasteiger partial charge in [0.15, 0.2) is 0 Å². The first-order valence-corrected chi connectivity index (χ1v) is 11.5. The van der Waals surface area contributed by atoms with Crippen molar-refractivity contribution < 1.29 is 14.6 Å². The zero-order valence-electron chi connectivity index (χ0n) is 19.4. The number of ether oxygens (including phenoxy) is 1. The average molecular weight is 445 g/mol. The lowest BCUT2D eigenvalue weighted by molar-refractivity contribution is -0.143. The van der Waals surface area contributed by atoms with E-state index in [2.05, 4.69) is 58.3 Å². The van der Waals surface area contributed by atoms with E-state index >= 15 is 0 Å². The van der Waals surface area contributed by atoms with Crippen LogP contribution >= 0.6 is 0 Å². The minimum atomic E-state index is -0.703. The Morgan fingerprint density at radius 1 is 1.00 bits per heavy atom. The molecule has 0 aromatic heterocycles. The molecule has 1 heterocycles. The molecule has 1 fully saturated rings. The van der Waals surface area contributed by atoms with Gasteiger partial charge in [0.2, 0.25) is 0 Å². The Hall–Kier alpha value is -3.31. The van der Waals surface area contributed by atoms with Gasteiger partial charge >= 0.3 is 5.97 Å². The molecule has 5 heteroatoms. The first kappa shape index (κ1) is 22.9. The SMILES string of the molecule is CN(C)c1ccc(C(c2ccc(OCc3ccccc3)cc2)N2CCCC(C(=O)O)C2)cc1. The van der Waals surface area contributed by atoms with Crippen molar-refractivity contribution in [3.8, 4) is 5.75 Å². The Bertz CT molecular complexity index is 1030. The molecule has 33 heavy (non-hydrogen) atoms. The van der Waals surface area contributed by atoms with Crippen LogP contribution in [0.4, 0.5) is 5.69 Å². The van der Waals surface area contributed by atoms with Gasteiger partial charge in [-0.05, 0) is 60.3 Å². The topological polar surface area (TPSA) is 53.0 Å². The molecule has 1 saturated heterocycles. The number of hydrogen-bond donors (Lipinski definition) is 1.